The molecule has 0 spiro atoms. The quantitative estimate of drug-likeness (QED) is 0.894. The number of hydrogen-bond acceptors (Lipinski definition) is 2. The number of likely N-dealkylation sites (tertiary alicyclic amines) is 1. The van der Waals surface area contributed by atoms with E-state index in [1.807, 2.05) is 11.8 Å². The minimum Gasteiger partial charge on any atom is -0.336 e. The van der Waals surface area contributed by atoms with E-state index in [-0.39, 0.29) is 23.8 Å². The molecule has 1 aromatic carbocycles. The van der Waals surface area contributed by atoms with E-state index in [4.69, 9.17) is 5.73 Å². The maximum atomic E-state index is 12.9. The number of carbonyl (C=O) groups excluding carboxylic acids is 1. The van der Waals surface area contributed by atoms with Crippen molar-refractivity contribution in [3.05, 3.63) is 35.6 Å². The van der Waals surface area contributed by atoms with Crippen LogP contribution in [0.25, 0.3) is 0 Å². The number of halogens is 1. The number of benzene rings is 1. The fourth-order valence-corrected chi connectivity index (χ4v) is 2.49. The summed E-state index contributed by atoms with van der Waals surface area (Å²) in [7, 11) is 0. The Morgan fingerprint density at radius 3 is 2.78 bits per heavy atom. The van der Waals surface area contributed by atoms with E-state index in [0.717, 1.165) is 24.9 Å². The van der Waals surface area contributed by atoms with Gasteiger partial charge >= 0.3 is 0 Å². The van der Waals surface area contributed by atoms with E-state index < -0.39 is 0 Å². The van der Waals surface area contributed by atoms with Crippen molar-refractivity contribution in [1.29, 1.82) is 0 Å². The lowest BCUT2D eigenvalue weighted by Gasteiger charge is -2.25. The Morgan fingerprint density at radius 1 is 1.50 bits per heavy atom. The van der Waals surface area contributed by atoms with Crippen molar-refractivity contribution in [2.45, 2.75) is 38.3 Å². The van der Waals surface area contributed by atoms with Crippen molar-refractivity contribution in [3.8, 4) is 0 Å². The van der Waals surface area contributed by atoms with E-state index in [1.54, 1.807) is 12.1 Å². The summed E-state index contributed by atoms with van der Waals surface area (Å²) in [6.45, 7) is 2.61. The predicted octanol–water partition coefficient (Wildman–Crippen LogP) is 2.23. The summed E-state index contributed by atoms with van der Waals surface area (Å²) in [5.74, 6) is -0.151. The Bertz CT molecular complexity index is 416. The average Bonchev–Trinajstić information content (AvgIpc) is 2.78. The monoisotopic (exact) mass is 250 g/mol. The van der Waals surface area contributed by atoms with Crippen LogP contribution in [0, 0.1) is 5.82 Å². The summed E-state index contributed by atoms with van der Waals surface area (Å²) >= 11 is 0. The van der Waals surface area contributed by atoms with Crippen molar-refractivity contribution in [2.75, 3.05) is 6.54 Å². The molecule has 2 rings (SSSR count). The van der Waals surface area contributed by atoms with Gasteiger partial charge in [0.05, 0.1) is 6.04 Å². The number of nitrogens with zero attached hydrogens (tertiary/aromatic N) is 1. The highest BCUT2D eigenvalue weighted by Gasteiger charge is 2.29. The standard InChI is InChI=1S/C14H19FN2O/c1-10(16)9-14(18)17-8-2-3-13(17)11-4-6-12(15)7-5-11/h4-7,10,13H,2-3,8-9,16H2,1H3. The molecular weight excluding hydrogens is 231 g/mol. The lowest BCUT2D eigenvalue weighted by atomic mass is 10.0. The molecule has 2 N–H and O–H groups in total. The van der Waals surface area contributed by atoms with Crippen LogP contribution in [-0.2, 0) is 4.79 Å². The molecule has 2 unspecified atom stereocenters. The zero-order valence-electron chi connectivity index (χ0n) is 10.6. The summed E-state index contributed by atoms with van der Waals surface area (Å²) < 4.78 is 12.9. The van der Waals surface area contributed by atoms with Crippen LogP contribution in [0.3, 0.4) is 0 Å². The molecule has 1 heterocycles. The van der Waals surface area contributed by atoms with Gasteiger partial charge in [0.1, 0.15) is 5.82 Å². The van der Waals surface area contributed by atoms with Crippen LogP contribution < -0.4 is 5.73 Å². The Kier molecular flexibility index (Phi) is 3.97. The van der Waals surface area contributed by atoms with Gasteiger partial charge in [0.25, 0.3) is 0 Å². The van der Waals surface area contributed by atoms with Crippen LogP contribution in [0.4, 0.5) is 4.39 Å². The topological polar surface area (TPSA) is 46.3 Å². The Hall–Kier alpha value is -1.42. The van der Waals surface area contributed by atoms with Gasteiger partial charge in [-0.15, -0.1) is 0 Å². The lowest BCUT2D eigenvalue weighted by molar-refractivity contribution is -0.132. The Morgan fingerprint density at radius 2 is 2.17 bits per heavy atom. The highest BCUT2D eigenvalue weighted by molar-refractivity contribution is 5.77. The van der Waals surface area contributed by atoms with Gasteiger partial charge in [-0.3, -0.25) is 4.79 Å². The number of rotatable bonds is 3. The maximum Gasteiger partial charge on any atom is 0.224 e. The number of amides is 1. The van der Waals surface area contributed by atoms with Crippen LogP contribution in [0.15, 0.2) is 24.3 Å². The SMILES string of the molecule is CC(N)CC(=O)N1CCCC1c1ccc(F)cc1. The second-order valence-electron chi connectivity index (χ2n) is 4.98. The molecule has 1 saturated heterocycles. The number of carbonyl (C=O) groups is 1. The predicted molar refractivity (Wildman–Crippen MR) is 68.4 cm³/mol. The van der Waals surface area contributed by atoms with Crippen LogP contribution in [0.5, 0.6) is 0 Å². The van der Waals surface area contributed by atoms with Crippen molar-refractivity contribution in [3.63, 3.8) is 0 Å². The minimum atomic E-state index is -0.245. The van der Waals surface area contributed by atoms with E-state index in [1.165, 1.54) is 12.1 Å². The molecule has 18 heavy (non-hydrogen) atoms. The van der Waals surface area contributed by atoms with Gasteiger partial charge in [-0.2, -0.15) is 0 Å². The van der Waals surface area contributed by atoms with Gasteiger partial charge in [0.15, 0.2) is 0 Å². The average molecular weight is 250 g/mol. The Balaban J connectivity index is 2.12. The van der Waals surface area contributed by atoms with E-state index in [0.29, 0.717) is 6.42 Å². The van der Waals surface area contributed by atoms with Gasteiger partial charge in [-0.05, 0) is 37.5 Å². The van der Waals surface area contributed by atoms with Crippen LogP contribution in [0.1, 0.15) is 37.8 Å². The molecule has 1 amide bonds. The first-order valence-electron chi connectivity index (χ1n) is 6.38. The summed E-state index contributed by atoms with van der Waals surface area (Å²) in [5.41, 5.74) is 6.67. The van der Waals surface area contributed by atoms with Crippen LogP contribution in [-0.4, -0.2) is 23.4 Å². The molecule has 98 valence electrons. The van der Waals surface area contributed by atoms with Gasteiger partial charge in [0.2, 0.25) is 5.91 Å². The van der Waals surface area contributed by atoms with Crippen LogP contribution >= 0.6 is 0 Å². The molecule has 4 heteroatoms. The molecule has 3 nitrogen and oxygen atoms in total. The minimum absolute atomic E-state index is 0.0804. The summed E-state index contributed by atoms with van der Waals surface area (Å²) in [4.78, 5) is 13.9. The van der Waals surface area contributed by atoms with Crippen molar-refractivity contribution >= 4 is 5.91 Å². The highest BCUT2D eigenvalue weighted by atomic mass is 19.1. The van der Waals surface area contributed by atoms with Crippen LogP contribution in [0.2, 0.25) is 0 Å². The zero-order valence-corrected chi connectivity index (χ0v) is 10.6. The molecule has 0 bridgehead atoms. The van der Waals surface area contributed by atoms with E-state index in [2.05, 4.69) is 0 Å². The maximum absolute atomic E-state index is 12.9. The molecule has 0 aromatic heterocycles. The molecule has 1 fully saturated rings. The van der Waals surface area contributed by atoms with E-state index in [9.17, 15) is 9.18 Å². The van der Waals surface area contributed by atoms with Gasteiger partial charge in [-0.25, -0.2) is 4.39 Å². The second-order valence-corrected chi connectivity index (χ2v) is 4.98. The fraction of sp³-hybridized carbons (Fsp3) is 0.500. The third-order valence-electron chi connectivity index (χ3n) is 3.32. The largest absolute Gasteiger partial charge is 0.336 e. The van der Waals surface area contributed by atoms with Gasteiger partial charge in [-0.1, -0.05) is 12.1 Å². The van der Waals surface area contributed by atoms with Crippen molar-refractivity contribution in [1.82, 2.24) is 4.90 Å². The van der Waals surface area contributed by atoms with Gasteiger partial charge in [0, 0.05) is 19.0 Å². The summed E-state index contributed by atoms with van der Waals surface area (Å²) in [6.07, 6.45) is 2.31. The van der Waals surface area contributed by atoms with Crippen molar-refractivity contribution in [2.24, 2.45) is 5.73 Å². The molecule has 0 aliphatic carbocycles. The number of nitrogens with two attached hydrogens (primary N) is 1. The smallest absolute Gasteiger partial charge is 0.224 e. The first kappa shape index (κ1) is 13.0. The first-order chi connectivity index (χ1) is 8.58. The Labute approximate surface area is 107 Å². The fourth-order valence-electron chi connectivity index (χ4n) is 2.49. The summed E-state index contributed by atoms with van der Waals surface area (Å²) in [5, 5.41) is 0. The normalized spacial score (nSPS) is 21.1. The zero-order chi connectivity index (χ0) is 13.1. The molecule has 0 saturated carbocycles. The lowest BCUT2D eigenvalue weighted by Crippen LogP contribution is -2.34. The molecular formula is C14H19FN2O. The number of hydrogen-bond donors (Lipinski definition) is 1. The third-order valence-corrected chi connectivity index (χ3v) is 3.32. The van der Waals surface area contributed by atoms with E-state index >= 15 is 0 Å². The second kappa shape index (κ2) is 5.48. The van der Waals surface area contributed by atoms with Gasteiger partial charge < -0.3 is 10.6 Å². The molecule has 2 atom stereocenters. The molecule has 1 aliphatic heterocycles. The first-order valence-corrected chi connectivity index (χ1v) is 6.38. The van der Waals surface area contributed by atoms with Crippen molar-refractivity contribution < 1.29 is 9.18 Å². The third kappa shape index (κ3) is 2.88. The molecule has 0 radical (unpaired) electrons. The molecule has 1 aromatic rings. The molecule has 1 aliphatic rings. The highest BCUT2D eigenvalue weighted by Crippen LogP contribution is 2.32. The summed E-state index contributed by atoms with van der Waals surface area (Å²) in [6, 6.07) is 6.38.